The van der Waals surface area contributed by atoms with E-state index in [2.05, 4.69) is 0 Å². The third-order valence-electron chi connectivity index (χ3n) is 0. The summed E-state index contributed by atoms with van der Waals surface area (Å²) in [6, 6.07) is 0. The van der Waals surface area contributed by atoms with Crippen molar-refractivity contribution in [3.63, 3.8) is 0 Å². The van der Waals surface area contributed by atoms with Gasteiger partial charge < -0.3 is 60.2 Å². The summed E-state index contributed by atoms with van der Waals surface area (Å²) in [5.41, 5.74) is 0. The van der Waals surface area contributed by atoms with Gasteiger partial charge in [-0.1, -0.05) is 0 Å². The van der Waals surface area contributed by atoms with Gasteiger partial charge in [-0.15, -0.1) is 0 Å². The molecule has 0 atom stereocenters. The molecule has 0 spiro atoms. The minimum Gasteiger partial charge on any atom is -2.00 e. The zero-order valence-corrected chi connectivity index (χ0v) is 30.2. The predicted molar refractivity (Wildman–Crippen MR) is 7.55 cm³/mol. The van der Waals surface area contributed by atoms with Gasteiger partial charge in [0.15, 0.2) is 0 Å². The molecule has 0 radical (unpaired) electrons. The Labute approximate surface area is 298 Å². The molecule has 17 heavy (non-hydrogen) atoms. The third-order valence-corrected chi connectivity index (χ3v) is 0. The molecular weight excluding hydrogens is 1020 g/mol. The van der Waals surface area contributed by atoms with Crippen LogP contribution in [-0.2, 0) is 60.2 Å². The Morgan fingerprint density at radius 2 is 0.118 bits per heavy atom. The number of hydrogen-bond acceptors (Lipinski definition) is 0. The first kappa shape index (κ1) is 233. The molecule has 0 fully saturated rings. The Bertz CT molecular complexity index is 15.9. The molecule has 0 heterocycles. The molecule has 88 valence electrons. The molecule has 0 aromatic heterocycles. The first-order valence-electron chi connectivity index (χ1n) is 0. The maximum Gasteiger partial charge on any atom is 3.00 e. The van der Waals surface area contributed by atoms with Crippen molar-refractivity contribution in [2.75, 3.05) is 0 Å². The van der Waals surface area contributed by atoms with Gasteiger partial charge in [0, 0.05) is 0 Å². The Morgan fingerprint density at radius 1 is 0.118 bits per heavy atom. The van der Waals surface area contributed by atoms with E-state index in [4.69, 9.17) is 0 Å². The molecule has 0 aliphatic heterocycles. The Morgan fingerprint density at radius 3 is 0.118 bits per heavy atom. The topological polar surface area (TPSA) is 314 Å². The molecular formula is O11Pr6-4. The summed E-state index contributed by atoms with van der Waals surface area (Å²) in [7, 11) is 0. The van der Waals surface area contributed by atoms with E-state index in [0.29, 0.717) is 0 Å². The van der Waals surface area contributed by atoms with Gasteiger partial charge in [-0.3, -0.25) is 0 Å². The standard InChI is InChI=1S/11O.6Pr/q11*-2;6*+3. The van der Waals surface area contributed by atoms with Crippen molar-refractivity contribution in [1.29, 1.82) is 0 Å². The summed E-state index contributed by atoms with van der Waals surface area (Å²) < 4.78 is 0. The second kappa shape index (κ2) is 205. The van der Waals surface area contributed by atoms with Gasteiger partial charge in [0.1, 0.15) is 0 Å². The zero-order valence-electron chi connectivity index (χ0n) is 7.95. The van der Waals surface area contributed by atoms with Crippen molar-refractivity contribution in [3.8, 4) is 0 Å². The van der Waals surface area contributed by atoms with E-state index in [1.54, 1.807) is 0 Å². The monoisotopic (exact) mass is 1020 g/mol. The molecule has 0 unspecified atom stereocenters. The molecule has 0 bridgehead atoms. The minimum absolute atomic E-state index is 0. The molecule has 0 aromatic carbocycles. The average Bonchev–Trinajstić information content (AvgIpc) is 0. The van der Waals surface area contributed by atoms with Crippen LogP contribution in [0.25, 0.3) is 0 Å². The van der Waals surface area contributed by atoms with E-state index < -0.39 is 0 Å². The van der Waals surface area contributed by atoms with Gasteiger partial charge in [0.2, 0.25) is 0 Å². The molecule has 17 heteroatoms. The fraction of sp³-hybridized carbons (Fsp3) is 0. The number of hydrogen-bond donors (Lipinski definition) is 0. The second-order valence-electron chi connectivity index (χ2n) is 0. The smallest absolute Gasteiger partial charge is 2.00 e. The third kappa shape index (κ3) is 187. The Hall–Kier alpha value is 7.74. The minimum atomic E-state index is 0. The summed E-state index contributed by atoms with van der Waals surface area (Å²) >= 11 is 0. The van der Waals surface area contributed by atoms with Crippen LogP contribution in [0.3, 0.4) is 0 Å². The first-order chi connectivity index (χ1) is 0. The molecule has 0 saturated carbocycles. The van der Waals surface area contributed by atoms with Gasteiger partial charge in [0.25, 0.3) is 0 Å². The summed E-state index contributed by atoms with van der Waals surface area (Å²) in [5, 5.41) is 0. The van der Waals surface area contributed by atoms with E-state index >= 15 is 0 Å². The van der Waals surface area contributed by atoms with Crippen LogP contribution in [0, 0.1) is 248 Å². The van der Waals surface area contributed by atoms with Crippen molar-refractivity contribution in [1.82, 2.24) is 0 Å². The van der Waals surface area contributed by atoms with Crippen molar-refractivity contribution in [3.05, 3.63) is 0 Å². The van der Waals surface area contributed by atoms with Crippen molar-refractivity contribution in [2.45, 2.75) is 0 Å². The largest absolute Gasteiger partial charge is 3.00 e. The van der Waals surface area contributed by atoms with Gasteiger partial charge in [-0.2, -0.15) is 0 Å². The van der Waals surface area contributed by atoms with E-state index in [0.717, 1.165) is 0 Å². The van der Waals surface area contributed by atoms with Crippen LogP contribution in [0.4, 0.5) is 0 Å². The van der Waals surface area contributed by atoms with Crippen LogP contribution in [0.15, 0.2) is 0 Å². The first-order valence-corrected chi connectivity index (χ1v) is 0. The van der Waals surface area contributed by atoms with Crippen molar-refractivity contribution >= 4 is 0 Å². The van der Waals surface area contributed by atoms with Crippen molar-refractivity contribution in [2.24, 2.45) is 0 Å². The van der Waals surface area contributed by atoms with Crippen molar-refractivity contribution < 1.29 is 308 Å². The van der Waals surface area contributed by atoms with Crippen LogP contribution >= 0.6 is 0 Å². The maximum atomic E-state index is 0. The molecule has 0 aliphatic carbocycles. The van der Waals surface area contributed by atoms with E-state index in [-0.39, 0.29) is 308 Å². The Balaban J connectivity index is 0. The van der Waals surface area contributed by atoms with Gasteiger partial charge in [0.05, 0.1) is 0 Å². The maximum absolute atomic E-state index is 0. The summed E-state index contributed by atoms with van der Waals surface area (Å²) in [5.74, 6) is 0. The zero-order chi connectivity index (χ0) is 0. The second-order valence-corrected chi connectivity index (χ2v) is 0. The van der Waals surface area contributed by atoms with Gasteiger partial charge >= 0.3 is 248 Å². The number of rotatable bonds is 0. The van der Waals surface area contributed by atoms with Crippen LogP contribution in [-0.4, -0.2) is 0 Å². The molecule has 11 nitrogen and oxygen atoms in total. The van der Waals surface area contributed by atoms with Gasteiger partial charge in [-0.25, -0.2) is 0 Å². The quantitative estimate of drug-likeness (QED) is 0.273. The molecule has 0 aliphatic rings. The summed E-state index contributed by atoms with van der Waals surface area (Å²) in [4.78, 5) is 0. The molecule has 0 saturated heterocycles. The molecule has 0 N–H and O–H groups in total. The van der Waals surface area contributed by atoms with Crippen LogP contribution in [0.2, 0.25) is 0 Å². The average molecular weight is 1020 g/mol. The van der Waals surface area contributed by atoms with Crippen LogP contribution in [0.1, 0.15) is 0 Å². The SMILES string of the molecule is [O-2].[O-2].[O-2].[O-2].[O-2].[O-2].[O-2].[O-2].[O-2].[O-2].[O-2].[Pr+3].[Pr+3].[Pr+3].[Pr+3].[Pr+3].[Pr+3]. The molecule has 0 amide bonds. The van der Waals surface area contributed by atoms with Crippen LogP contribution in [0.5, 0.6) is 0 Å². The van der Waals surface area contributed by atoms with E-state index in [1.165, 1.54) is 0 Å². The van der Waals surface area contributed by atoms with E-state index in [1.807, 2.05) is 0 Å². The summed E-state index contributed by atoms with van der Waals surface area (Å²) in [6.45, 7) is 0. The summed E-state index contributed by atoms with van der Waals surface area (Å²) in [6.07, 6.45) is 0. The normalized spacial score (nSPS) is 0. The van der Waals surface area contributed by atoms with Crippen LogP contribution < -0.4 is 0 Å². The fourth-order valence-electron chi connectivity index (χ4n) is 0. The van der Waals surface area contributed by atoms with E-state index in [9.17, 15) is 0 Å². The predicted octanol–water partition coefficient (Wildman–Crippen LogP) is -1.31. The van der Waals surface area contributed by atoms with Gasteiger partial charge in [-0.05, 0) is 0 Å². The Kier molecular flexibility index (Phi) is 2800. The molecule has 0 aromatic rings. The molecule has 0 rings (SSSR count). The fourth-order valence-corrected chi connectivity index (χ4v) is 0.